The lowest BCUT2D eigenvalue weighted by Gasteiger charge is -2.31. The fourth-order valence-corrected chi connectivity index (χ4v) is 4.86. The van der Waals surface area contributed by atoms with Crippen LogP contribution in [0.1, 0.15) is 25.7 Å². The van der Waals surface area contributed by atoms with Gasteiger partial charge in [-0.15, -0.1) is 0 Å². The molecule has 0 atom stereocenters. The summed E-state index contributed by atoms with van der Waals surface area (Å²) in [6, 6.07) is 8.39. The van der Waals surface area contributed by atoms with Gasteiger partial charge in [0.15, 0.2) is 0 Å². The highest BCUT2D eigenvalue weighted by atomic mass is 16.5. The van der Waals surface area contributed by atoms with Gasteiger partial charge < -0.3 is 24.3 Å². The van der Waals surface area contributed by atoms with Crippen molar-refractivity contribution in [1.29, 1.82) is 0 Å². The van der Waals surface area contributed by atoms with Crippen molar-refractivity contribution in [2.45, 2.75) is 37.8 Å². The summed E-state index contributed by atoms with van der Waals surface area (Å²) >= 11 is 0. The zero-order chi connectivity index (χ0) is 22.9. The molecule has 4 aromatic rings. The molecule has 1 aliphatic heterocycles. The molecule has 1 saturated heterocycles. The molecule has 2 aliphatic rings. The number of hydrogen-bond acceptors (Lipinski definition) is 8. The number of nitrogens with zero attached hydrogens (tertiary/aromatic N) is 6. The number of pyridine rings is 2. The monoisotopic (exact) mass is 459 g/mol. The quantitative estimate of drug-likeness (QED) is 0.485. The van der Waals surface area contributed by atoms with Gasteiger partial charge in [-0.3, -0.25) is 4.98 Å². The Morgan fingerprint density at radius 2 is 1.88 bits per heavy atom. The fraction of sp³-hybridized carbons (Fsp3) is 0.440. The van der Waals surface area contributed by atoms with Crippen molar-refractivity contribution in [3.63, 3.8) is 0 Å². The summed E-state index contributed by atoms with van der Waals surface area (Å²) in [5.41, 5.74) is 2.91. The summed E-state index contributed by atoms with van der Waals surface area (Å²) < 4.78 is 14.0. The number of aromatic nitrogens is 5. The number of aryl methyl sites for hydroxylation is 1. The third-order valence-corrected chi connectivity index (χ3v) is 6.81. The van der Waals surface area contributed by atoms with E-state index in [1.54, 1.807) is 0 Å². The van der Waals surface area contributed by atoms with Crippen molar-refractivity contribution in [2.75, 3.05) is 36.5 Å². The summed E-state index contributed by atoms with van der Waals surface area (Å²) in [7, 11) is 2.00. The van der Waals surface area contributed by atoms with Gasteiger partial charge in [0.05, 0.1) is 41.3 Å². The summed E-state index contributed by atoms with van der Waals surface area (Å²) in [6.45, 7) is 3.10. The van der Waals surface area contributed by atoms with Gasteiger partial charge in [0.1, 0.15) is 11.9 Å². The van der Waals surface area contributed by atoms with Gasteiger partial charge in [0, 0.05) is 44.6 Å². The fourth-order valence-electron chi connectivity index (χ4n) is 4.86. The summed E-state index contributed by atoms with van der Waals surface area (Å²) in [5.74, 6) is 2.29. The van der Waals surface area contributed by atoms with Crippen molar-refractivity contribution in [1.82, 2.24) is 24.5 Å². The van der Waals surface area contributed by atoms with Crippen LogP contribution in [0.2, 0.25) is 0 Å². The van der Waals surface area contributed by atoms with E-state index in [1.165, 1.54) is 0 Å². The number of fused-ring (bicyclic) bond motifs is 2. The average Bonchev–Trinajstić information content (AvgIpc) is 3.25. The Hall–Kier alpha value is -3.46. The highest BCUT2D eigenvalue weighted by Gasteiger charge is 2.25. The highest BCUT2D eigenvalue weighted by Crippen LogP contribution is 2.31. The Kier molecular flexibility index (Phi) is 5.62. The van der Waals surface area contributed by atoms with Crippen LogP contribution in [0.15, 0.2) is 42.9 Å². The average molecular weight is 460 g/mol. The third-order valence-electron chi connectivity index (χ3n) is 6.81. The molecule has 1 saturated carbocycles. The van der Waals surface area contributed by atoms with Crippen LogP contribution >= 0.6 is 0 Å². The van der Waals surface area contributed by atoms with E-state index >= 15 is 0 Å². The number of rotatable bonds is 5. The van der Waals surface area contributed by atoms with Crippen molar-refractivity contribution < 1.29 is 9.47 Å². The second-order valence-electron chi connectivity index (χ2n) is 9.08. The van der Waals surface area contributed by atoms with E-state index < -0.39 is 0 Å². The molecule has 9 nitrogen and oxygen atoms in total. The molecule has 0 amide bonds. The van der Waals surface area contributed by atoms with Crippen LogP contribution in [-0.2, 0) is 11.8 Å². The minimum atomic E-state index is 0.131. The van der Waals surface area contributed by atoms with E-state index in [1.807, 2.05) is 48.4 Å². The number of nitrogens with one attached hydrogen (secondary N) is 1. The first-order chi connectivity index (χ1) is 16.7. The van der Waals surface area contributed by atoms with Crippen molar-refractivity contribution in [3.05, 3.63) is 42.9 Å². The van der Waals surface area contributed by atoms with Crippen LogP contribution in [0.4, 0.5) is 11.8 Å². The number of anilines is 2. The standard InChI is InChI=1S/C25H29N7O2/c1-31-10-8-20-22(31)16-27-25(29-20)28-17-4-6-18(7-5-17)34-24-19-3-2-9-26-21(19)15-23(30-24)32-11-13-33-14-12-32/h2-3,8-10,15-18H,4-7,11-14H2,1H3,(H,27,28,29). The van der Waals surface area contributed by atoms with E-state index in [0.29, 0.717) is 17.9 Å². The van der Waals surface area contributed by atoms with Gasteiger partial charge in [-0.25, -0.2) is 9.97 Å². The van der Waals surface area contributed by atoms with Crippen molar-refractivity contribution in [3.8, 4) is 5.88 Å². The Morgan fingerprint density at radius 1 is 1.03 bits per heavy atom. The minimum absolute atomic E-state index is 0.131. The molecule has 34 heavy (non-hydrogen) atoms. The zero-order valence-electron chi connectivity index (χ0n) is 19.4. The number of hydrogen-bond donors (Lipinski definition) is 1. The van der Waals surface area contributed by atoms with Gasteiger partial charge in [-0.05, 0) is 43.9 Å². The predicted octanol–water partition coefficient (Wildman–Crippen LogP) is 3.55. The van der Waals surface area contributed by atoms with Crippen LogP contribution in [0.3, 0.4) is 0 Å². The molecule has 6 rings (SSSR count). The second-order valence-corrected chi connectivity index (χ2v) is 9.08. The molecule has 1 aliphatic carbocycles. The highest BCUT2D eigenvalue weighted by molar-refractivity contribution is 5.85. The third kappa shape index (κ3) is 4.23. The molecule has 176 valence electrons. The first-order valence-corrected chi connectivity index (χ1v) is 12.0. The lowest BCUT2D eigenvalue weighted by molar-refractivity contribution is 0.122. The molecule has 5 heterocycles. The van der Waals surface area contributed by atoms with Crippen LogP contribution in [0.25, 0.3) is 21.9 Å². The molecule has 9 heteroatoms. The zero-order valence-corrected chi connectivity index (χ0v) is 19.4. The van der Waals surface area contributed by atoms with Crippen LogP contribution in [0, 0.1) is 0 Å². The lowest BCUT2D eigenvalue weighted by atomic mass is 9.93. The van der Waals surface area contributed by atoms with Gasteiger partial charge in [0.2, 0.25) is 11.8 Å². The maximum Gasteiger partial charge on any atom is 0.225 e. The molecular weight excluding hydrogens is 430 g/mol. The molecule has 0 aromatic carbocycles. The van der Waals surface area contributed by atoms with Crippen molar-refractivity contribution in [2.24, 2.45) is 7.05 Å². The first-order valence-electron chi connectivity index (χ1n) is 12.0. The molecule has 1 N–H and O–H groups in total. The van der Waals surface area contributed by atoms with E-state index in [-0.39, 0.29) is 6.10 Å². The van der Waals surface area contributed by atoms with Gasteiger partial charge >= 0.3 is 0 Å². The molecule has 2 fully saturated rings. The predicted molar refractivity (Wildman–Crippen MR) is 131 cm³/mol. The van der Waals surface area contributed by atoms with Gasteiger partial charge in [0.25, 0.3) is 0 Å². The van der Waals surface area contributed by atoms with Crippen LogP contribution in [0.5, 0.6) is 5.88 Å². The van der Waals surface area contributed by atoms with Crippen LogP contribution < -0.4 is 15.0 Å². The van der Waals surface area contributed by atoms with Gasteiger partial charge in [-0.2, -0.15) is 4.98 Å². The topological polar surface area (TPSA) is 90.2 Å². The minimum Gasteiger partial charge on any atom is -0.474 e. The van der Waals surface area contributed by atoms with E-state index in [9.17, 15) is 0 Å². The molecule has 0 bridgehead atoms. The van der Waals surface area contributed by atoms with E-state index in [2.05, 4.69) is 31.2 Å². The maximum absolute atomic E-state index is 6.49. The second kappa shape index (κ2) is 9.06. The van der Waals surface area contributed by atoms with Crippen molar-refractivity contribution >= 4 is 33.7 Å². The molecule has 4 aromatic heterocycles. The largest absolute Gasteiger partial charge is 0.474 e. The Morgan fingerprint density at radius 3 is 2.74 bits per heavy atom. The van der Waals surface area contributed by atoms with E-state index in [0.717, 1.165) is 79.7 Å². The Bertz CT molecular complexity index is 1290. The smallest absolute Gasteiger partial charge is 0.225 e. The SMILES string of the molecule is Cn1ccc2nc(NC3CCC(Oc4nc(N5CCOCC5)cc5ncccc45)CC3)ncc21. The molecule has 0 spiro atoms. The Balaban J connectivity index is 1.13. The summed E-state index contributed by atoms with van der Waals surface area (Å²) in [6.07, 6.45) is 9.75. The maximum atomic E-state index is 6.49. The van der Waals surface area contributed by atoms with Gasteiger partial charge in [-0.1, -0.05) is 0 Å². The lowest BCUT2D eigenvalue weighted by Crippen LogP contribution is -2.37. The first kappa shape index (κ1) is 21.1. The summed E-state index contributed by atoms with van der Waals surface area (Å²) in [4.78, 5) is 20.9. The number of morpholine rings is 1. The van der Waals surface area contributed by atoms with E-state index in [4.69, 9.17) is 14.5 Å². The number of ether oxygens (including phenoxy) is 2. The normalized spacial score (nSPS) is 21.1. The Labute approximate surface area is 198 Å². The summed E-state index contributed by atoms with van der Waals surface area (Å²) in [5, 5.41) is 4.48. The molecule has 0 unspecified atom stereocenters. The molecule has 0 radical (unpaired) electrons. The molecular formula is C25H29N7O2. The van der Waals surface area contributed by atoms with Crippen LogP contribution in [-0.4, -0.2) is 63.0 Å².